The standard InChI is InChI=1S/C13H18N2O2S/c1-2-18(16)10-8-15-11-12-3-5-13(6-4-12)17-9-7-14/h3-6,15H,2,8-11H2,1H3. The van der Waals surface area contributed by atoms with Gasteiger partial charge in [-0.25, -0.2) is 0 Å². The van der Waals surface area contributed by atoms with Crippen molar-refractivity contribution < 1.29 is 8.95 Å². The molecule has 0 amide bonds. The van der Waals surface area contributed by atoms with E-state index in [2.05, 4.69) is 5.32 Å². The maximum atomic E-state index is 11.2. The molecule has 1 unspecified atom stereocenters. The fourth-order valence-electron chi connectivity index (χ4n) is 1.38. The second-order valence-electron chi connectivity index (χ2n) is 3.70. The summed E-state index contributed by atoms with van der Waals surface area (Å²) in [5.41, 5.74) is 1.14. The Labute approximate surface area is 110 Å². The molecule has 1 rings (SSSR count). The van der Waals surface area contributed by atoms with Crippen molar-refractivity contribution >= 4 is 10.8 Å². The molecule has 1 aromatic carbocycles. The monoisotopic (exact) mass is 266 g/mol. The summed E-state index contributed by atoms with van der Waals surface area (Å²) in [6.45, 7) is 3.50. The van der Waals surface area contributed by atoms with Crippen LogP contribution in [0.5, 0.6) is 5.75 Å². The molecule has 18 heavy (non-hydrogen) atoms. The normalized spacial score (nSPS) is 11.8. The van der Waals surface area contributed by atoms with Gasteiger partial charge in [-0.3, -0.25) is 4.21 Å². The Bertz CT molecular complexity index is 412. The highest BCUT2D eigenvalue weighted by Crippen LogP contribution is 2.11. The number of ether oxygens (including phenoxy) is 1. The highest BCUT2D eigenvalue weighted by atomic mass is 32.2. The van der Waals surface area contributed by atoms with Crippen LogP contribution in [-0.2, 0) is 17.3 Å². The second-order valence-corrected chi connectivity index (χ2v) is 5.57. The van der Waals surface area contributed by atoms with Gasteiger partial charge in [-0.15, -0.1) is 0 Å². The second kappa shape index (κ2) is 8.67. The number of hydrogen-bond donors (Lipinski definition) is 1. The van der Waals surface area contributed by atoms with E-state index in [9.17, 15) is 4.21 Å². The van der Waals surface area contributed by atoms with Crippen molar-refractivity contribution in [3.63, 3.8) is 0 Å². The van der Waals surface area contributed by atoms with Crippen LogP contribution < -0.4 is 10.1 Å². The SMILES string of the molecule is CCS(=O)CCNCc1ccc(OCC#N)cc1. The van der Waals surface area contributed by atoms with Crippen LogP contribution in [0.2, 0.25) is 0 Å². The summed E-state index contributed by atoms with van der Waals surface area (Å²) in [6, 6.07) is 9.53. The molecule has 98 valence electrons. The summed E-state index contributed by atoms with van der Waals surface area (Å²) in [5, 5.41) is 11.6. The summed E-state index contributed by atoms with van der Waals surface area (Å²) >= 11 is 0. The number of benzene rings is 1. The molecule has 0 radical (unpaired) electrons. The molecule has 1 atom stereocenters. The minimum atomic E-state index is -0.705. The van der Waals surface area contributed by atoms with Gasteiger partial charge < -0.3 is 10.1 Å². The number of nitriles is 1. The molecular weight excluding hydrogens is 248 g/mol. The first-order valence-corrected chi connectivity index (χ1v) is 7.39. The smallest absolute Gasteiger partial charge is 0.174 e. The van der Waals surface area contributed by atoms with Crippen LogP contribution in [0.1, 0.15) is 12.5 Å². The first kappa shape index (κ1) is 14.7. The lowest BCUT2D eigenvalue weighted by Gasteiger charge is -2.06. The molecule has 1 aromatic rings. The Balaban J connectivity index is 2.27. The molecule has 0 heterocycles. The van der Waals surface area contributed by atoms with E-state index >= 15 is 0 Å². The summed E-state index contributed by atoms with van der Waals surface area (Å²) in [5.74, 6) is 2.11. The molecule has 0 aromatic heterocycles. The number of hydrogen-bond acceptors (Lipinski definition) is 4. The molecule has 5 heteroatoms. The third-order valence-electron chi connectivity index (χ3n) is 2.38. The lowest BCUT2D eigenvalue weighted by Crippen LogP contribution is -2.20. The van der Waals surface area contributed by atoms with Crippen LogP contribution in [0.3, 0.4) is 0 Å². The van der Waals surface area contributed by atoms with Gasteiger partial charge in [-0.1, -0.05) is 19.1 Å². The maximum absolute atomic E-state index is 11.2. The molecule has 0 fully saturated rings. The molecular formula is C13H18N2O2S. The Morgan fingerprint density at radius 1 is 1.39 bits per heavy atom. The average molecular weight is 266 g/mol. The van der Waals surface area contributed by atoms with Crippen molar-refractivity contribution in [1.29, 1.82) is 5.26 Å². The van der Waals surface area contributed by atoms with Crippen molar-refractivity contribution in [2.24, 2.45) is 0 Å². The van der Waals surface area contributed by atoms with Gasteiger partial charge in [0, 0.05) is 35.4 Å². The van der Waals surface area contributed by atoms with Crippen LogP contribution >= 0.6 is 0 Å². The molecule has 0 bridgehead atoms. The summed E-state index contributed by atoms with van der Waals surface area (Å²) < 4.78 is 16.4. The molecule has 1 N–H and O–H groups in total. The number of nitrogens with one attached hydrogen (secondary N) is 1. The van der Waals surface area contributed by atoms with Crippen molar-refractivity contribution in [2.45, 2.75) is 13.5 Å². The van der Waals surface area contributed by atoms with Crippen molar-refractivity contribution in [3.05, 3.63) is 29.8 Å². The minimum absolute atomic E-state index is 0.0699. The quantitative estimate of drug-likeness (QED) is 0.723. The van der Waals surface area contributed by atoms with Crippen molar-refractivity contribution in [1.82, 2.24) is 5.32 Å². The van der Waals surface area contributed by atoms with Crippen molar-refractivity contribution in [3.8, 4) is 11.8 Å². The molecule has 0 spiro atoms. The largest absolute Gasteiger partial charge is 0.479 e. The molecule has 0 aliphatic rings. The van der Waals surface area contributed by atoms with Crippen LogP contribution in [0.4, 0.5) is 0 Å². The predicted octanol–water partition coefficient (Wildman–Crippen LogP) is 1.45. The zero-order chi connectivity index (χ0) is 13.2. The third kappa shape index (κ3) is 5.80. The third-order valence-corrected chi connectivity index (χ3v) is 3.69. The first-order valence-electron chi connectivity index (χ1n) is 5.90. The minimum Gasteiger partial charge on any atom is -0.479 e. The predicted molar refractivity (Wildman–Crippen MR) is 72.8 cm³/mol. The van der Waals surface area contributed by atoms with Gasteiger partial charge in [0.15, 0.2) is 6.61 Å². The van der Waals surface area contributed by atoms with Gasteiger partial charge in [-0.2, -0.15) is 5.26 Å². The fraction of sp³-hybridized carbons (Fsp3) is 0.462. The average Bonchev–Trinajstić information content (AvgIpc) is 2.42. The summed E-state index contributed by atoms with van der Waals surface area (Å²) in [4.78, 5) is 0. The van der Waals surface area contributed by atoms with E-state index in [0.29, 0.717) is 17.3 Å². The van der Waals surface area contributed by atoms with Crippen molar-refractivity contribution in [2.75, 3.05) is 24.7 Å². The van der Waals surface area contributed by atoms with E-state index in [4.69, 9.17) is 10.00 Å². The van der Waals surface area contributed by atoms with Crippen LogP contribution in [-0.4, -0.2) is 28.9 Å². The van der Waals surface area contributed by atoms with Crippen LogP contribution in [0, 0.1) is 11.3 Å². The Kier molecular flexibility index (Phi) is 7.07. The summed E-state index contributed by atoms with van der Waals surface area (Å²) in [6.07, 6.45) is 0. The highest BCUT2D eigenvalue weighted by Gasteiger charge is 1.97. The molecule has 0 saturated carbocycles. The zero-order valence-corrected chi connectivity index (χ0v) is 11.3. The van der Waals surface area contributed by atoms with E-state index in [1.807, 2.05) is 37.3 Å². The van der Waals surface area contributed by atoms with E-state index in [1.165, 1.54) is 0 Å². The van der Waals surface area contributed by atoms with Crippen LogP contribution in [0.25, 0.3) is 0 Å². The van der Waals surface area contributed by atoms with Gasteiger partial charge in [0.1, 0.15) is 11.8 Å². The van der Waals surface area contributed by atoms with Gasteiger partial charge in [0.05, 0.1) is 0 Å². The Hall–Kier alpha value is -1.38. The van der Waals surface area contributed by atoms with Gasteiger partial charge in [0.25, 0.3) is 0 Å². The zero-order valence-electron chi connectivity index (χ0n) is 10.5. The van der Waals surface area contributed by atoms with Gasteiger partial charge >= 0.3 is 0 Å². The van der Waals surface area contributed by atoms with E-state index in [1.54, 1.807) is 0 Å². The molecule has 4 nitrogen and oxygen atoms in total. The lowest BCUT2D eigenvalue weighted by molar-refractivity contribution is 0.368. The first-order chi connectivity index (χ1) is 8.76. The van der Waals surface area contributed by atoms with E-state index in [0.717, 1.165) is 18.7 Å². The fourth-order valence-corrected chi connectivity index (χ4v) is 2.04. The van der Waals surface area contributed by atoms with Gasteiger partial charge in [0.2, 0.25) is 0 Å². The van der Waals surface area contributed by atoms with Crippen LogP contribution in [0.15, 0.2) is 24.3 Å². The Morgan fingerprint density at radius 2 is 2.11 bits per heavy atom. The lowest BCUT2D eigenvalue weighted by atomic mass is 10.2. The Morgan fingerprint density at radius 3 is 2.72 bits per heavy atom. The summed E-state index contributed by atoms with van der Waals surface area (Å²) in [7, 11) is -0.705. The number of rotatable bonds is 8. The number of nitrogens with zero attached hydrogens (tertiary/aromatic N) is 1. The molecule has 0 saturated heterocycles. The van der Waals surface area contributed by atoms with E-state index in [-0.39, 0.29) is 6.61 Å². The van der Waals surface area contributed by atoms with E-state index < -0.39 is 10.8 Å². The van der Waals surface area contributed by atoms with Gasteiger partial charge in [-0.05, 0) is 17.7 Å². The molecule has 0 aliphatic carbocycles. The molecule has 0 aliphatic heterocycles. The highest BCUT2D eigenvalue weighted by molar-refractivity contribution is 7.84. The topological polar surface area (TPSA) is 62.1 Å². The maximum Gasteiger partial charge on any atom is 0.174 e.